The van der Waals surface area contributed by atoms with Crippen molar-refractivity contribution in [2.24, 2.45) is 5.92 Å². The molecule has 10 heteroatoms. The van der Waals surface area contributed by atoms with Crippen LogP contribution in [0.4, 0.5) is 5.69 Å². The fourth-order valence-corrected chi connectivity index (χ4v) is 6.26. The Bertz CT molecular complexity index is 1630. The fraction of sp³-hybridized carbons (Fsp3) is 0.472. The number of nitrogens with zero attached hydrogens (tertiary/aromatic N) is 3. The van der Waals surface area contributed by atoms with Gasteiger partial charge in [0.15, 0.2) is 5.65 Å². The first-order valence-corrected chi connectivity index (χ1v) is 16.5. The zero-order chi connectivity index (χ0) is 32.6. The van der Waals surface area contributed by atoms with Gasteiger partial charge in [-0.05, 0) is 86.8 Å². The van der Waals surface area contributed by atoms with Crippen molar-refractivity contribution < 1.29 is 24.9 Å². The largest absolute Gasteiger partial charge is 0.508 e. The number of phenols is 1. The minimum atomic E-state index is -0.686. The predicted molar refractivity (Wildman–Crippen MR) is 179 cm³/mol. The number of aromatic nitrogens is 3. The lowest BCUT2D eigenvalue weighted by atomic mass is 9.92. The van der Waals surface area contributed by atoms with Crippen molar-refractivity contribution in [2.75, 3.05) is 18.5 Å². The van der Waals surface area contributed by atoms with Gasteiger partial charge in [-0.1, -0.05) is 32.0 Å². The van der Waals surface area contributed by atoms with Crippen molar-refractivity contribution in [3.8, 4) is 5.75 Å². The van der Waals surface area contributed by atoms with Gasteiger partial charge in [0.1, 0.15) is 5.75 Å². The summed E-state index contributed by atoms with van der Waals surface area (Å²) in [4.78, 5) is 18.4. The van der Waals surface area contributed by atoms with Crippen LogP contribution in [0.25, 0.3) is 11.0 Å². The molecule has 3 heterocycles. The van der Waals surface area contributed by atoms with E-state index in [4.69, 9.17) is 9.72 Å². The number of anilines is 1. The maximum absolute atomic E-state index is 13.5. The Morgan fingerprint density at radius 1 is 1.13 bits per heavy atom. The number of hydrogen-bond donors (Lipinski definition) is 5. The highest BCUT2D eigenvalue weighted by atomic mass is 16.5. The number of aromatic hydroxyl groups is 1. The second kappa shape index (κ2) is 15.5. The molecule has 4 aromatic rings. The smallest absolute Gasteiger partial charge is 0.251 e. The summed E-state index contributed by atoms with van der Waals surface area (Å²) in [6, 6.07) is 12.9. The van der Waals surface area contributed by atoms with Gasteiger partial charge in [0.2, 0.25) is 0 Å². The summed E-state index contributed by atoms with van der Waals surface area (Å²) in [6.45, 7) is 8.54. The summed E-state index contributed by atoms with van der Waals surface area (Å²) in [5.41, 5.74) is 6.55. The molecule has 1 aliphatic rings. The number of aliphatic hydroxyl groups is 2. The molecule has 2 aromatic carbocycles. The van der Waals surface area contributed by atoms with Gasteiger partial charge >= 0.3 is 0 Å². The van der Waals surface area contributed by atoms with Crippen LogP contribution >= 0.6 is 0 Å². The molecular weight excluding hydrogens is 582 g/mol. The molecule has 0 saturated carbocycles. The van der Waals surface area contributed by atoms with E-state index in [0.29, 0.717) is 29.7 Å². The molecule has 5 N–H and O–H groups in total. The van der Waals surface area contributed by atoms with Crippen LogP contribution in [-0.4, -0.2) is 55.2 Å². The average molecular weight is 630 g/mol. The van der Waals surface area contributed by atoms with Gasteiger partial charge in [0.25, 0.3) is 5.91 Å². The molecule has 0 spiro atoms. The predicted octanol–water partition coefficient (Wildman–Crippen LogP) is 5.42. The number of benzene rings is 2. The summed E-state index contributed by atoms with van der Waals surface area (Å²) in [5, 5.41) is 42.4. The van der Waals surface area contributed by atoms with Crippen LogP contribution in [0, 0.1) is 5.92 Å². The molecule has 2 aromatic heterocycles. The topological polar surface area (TPSA) is 142 Å². The third-order valence-corrected chi connectivity index (χ3v) is 8.97. The third-order valence-electron chi connectivity index (χ3n) is 8.97. The first-order valence-electron chi connectivity index (χ1n) is 16.5. The molecule has 1 fully saturated rings. The van der Waals surface area contributed by atoms with Crippen molar-refractivity contribution in [3.63, 3.8) is 0 Å². The van der Waals surface area contributed by atoms with E-state index in [2.05, 4.69) is 36.5 Å². The van der Waals surface area contributed by atoms with E-state index < -0.39 is 6.10 Å². The molecule has 5 rings (SSSR count). The first-order chi connectivity index (χ1) is 22.3. The Balaban J connectivity index is 1.25. The van der Waals surface area contributed by atoms with Crippen molar-refractivity contribution in [3.05, 3.63) is 82.2 Å². The number of fused-ring (bicyclic) bond motifs is 1. The minimum Gasteiger partial charge on any atom is -0.508 e. The van der Waals surface area contributed by atoms with Gasteiger partial charge < -0.3 is 30.7 Å². The zero-order valence-electron chi connectivity index (χ0n) is 27.1. The molecule has 0 bridgehead atoms. The normalized spacial score (nSPS) is 15.2. The van der Waals surface area contributed by atoms with E-state index in [1.54, 1.807) is 12.1 Å². The number of aliphatic hydroxyl groups excluding tert-OH is 2. The molecule has 246 valence electrons. The minimum absolute atomic E-state index is 0.0235. The molecule has 1 amide bonds. The van der Waals surface area contributed by atoms with Gasteiger partial charge in [-0.15, -0.1) is 0 Å². The van der Waals surface area contributed by atoms with Crippen LogP contribution in [0.2, 0.25) is 0 Å². The van der Waals surface area contributed by atoms with E-state index in [-0.39, 0.29) is 30.2 Å². The molecule has 10 nitrogen and oxygen atoms in total. The number of carbonyl (C=O) groups is 1. The quantitative estimate of drug-likeness (QED) is 0.124. The van der Waals surface area contributed by atoms with E-state index in [1.165, 1.54) is 6.07 Å². The van der Waals surface area contributed by atoms with Crippen molar-refractivity contribution in [2.45, 2.75) is 91.1 Å². The second-order valence-electron chi connectivity index (χ2n) is 12.3. The van der Waals surface area contributed by atoms with Gasteiger partial charge in [-0.25, -0.2) is 9.67 Å². The number of rotatable bonds is 14. The van der Waals surface area contributed by atoms with Crippen molar-refractivity contribution >= 4 is 22.6 Å². The number of aryl methyl sites for hydroxylation is 2. The van der Waals surface area contributed by atoms with Crippen LogP contribution in [0.3, 0.4) is 0 Å². The molecule has 1 unspecified atom stereocenters. The van der Waals surface area contributed by atoms with Crippen LogP contribution in [-0.2, 0) is 37.3 Å². The zero-order valence-corrected chi connectivity index (χ0v) is 27.1. The van der Waals surface area contributed by atoms with E-state index in [9.17, 15) is 20.1 Å². The summed E-state index contributed by atoms with van der Waals surface area (Å²) in [6.07, 6.45) is 5.86. The average Bonchev–Trinajstić information content (AvgIpc) is 3.50. The Morgan fingerprint density at radius 3 is 2.67 bits per heavy atom. The molecule has 0 radical (unpaired) electrons. The van der Waals surface area contributed by atoms with E-state index >= 15 is 0 Å². The number of amides is 1. The lowest BCUT2D eigenvalue weighted by Crippen LogP contribution is -2.30. The highest BCUT2D eigenvalue weighted by Crippen LogP contribution is 2.32. The lowest BCUT2D eigenvalue weighted by molar-refractivity contribution is 0.0904. The summed E-state index contributed by atoms with van der Waals surface area (Å²) in [5.74, 6) is 0.158. The van der Waals surface area contributed by atoms with Crippen LogP contribution in [0.1, 0.15) is 90.9 Å². The highest BCUT2D eigenvalue weighted by Gasteiger charge is 2.22. The number of hydrogen-bond acceptors (Lipinski definition) is 8. The van der Waals surface area contributed by atoms with Crippen molar-refractivity contribution in [1.82, 2.24) is 20.1 Å². The molecule has 2 atom stereocenters. The Hall–Kier alpha value is -3.99. The summed E-state index contributed by atoms with van der Waals surface area (Å²) < 4.78 is 7.50. The first kappa shape index (κ1) is 33.4. The molecule has 1 aliphatic heterocycles. The summed E-state index contributed by atoms with van der Waals surface area (Å²) >= 11 is 0. The van der Waals surface area contributed by atoms with Gasteiger partial charge in [-0.2, -0.15) is 5.10 Å². The molecular formula is C36H47N5O5. The number of carbonyl (C=O) groups excluding carboxylic acids is 1. The van der Waals surface area contributed by atoms with Gasteiger partial charge in [0.05, 0.1) is 30.0 Å². The van der Waals surface area contributed by atoms with Gasteiger partial charge in [-0.3, -0.25) is 4.79 Å². The second-order valence-corrected chi connectivity index (χ2v) is 12.3. The standard InChI is InChI=1S/C36H47N5O5/c1-4-31-29(34(39-28-13-15-46-16-14-28)30-21-38-41(5-2)35(30)40-31)20-37-36(45)26-8-6-7-24(18-26)17-23(3)9-11-32(43)25-10-12-33(44)27(19-25)22-42/h6-8,10,12,18-19,21,23,28,32,42-44H,4-5,9,11,13-17,20,22H2,1-3H3,(H,37,45)(H,39,40)/t23?,32-/m0/s1. The fourth-order valence-electron chi connectivity index (χ4n) is 6.26. The maximum Gasteiger partial charge on any atom is 0.251 e. The maximum atomic E-state index is 13.5. The van der Waals surface area contributed by atoms with Crippen LogP contribution in [0.15, 0.2) is 48.7 Å². The molecule has 46 heavy (non-hydrogen) atoms. The third kappa shape index (κ3) is 7.86. The van der Waals surface area contributed by atoms with Gasteiger partial charge in [0, 0.05) is 54.7 Å². The monoisotopic (exact) mass is 629 g/mol. The SMILES string of the molecule is CCc1nc2c(cnn2CC)c(NC2CCOCC2)c1CNC(=O)c1cccc(CC(C)CC[C@H](O)c2ccc(O)c(CO)c2)c1. The van der Waals surface area contributed by atoms with E-state index in [0.717, 1.165) is 85.4 Å². The van der Waals surface area contributed by atoms with Crippen LogP contribution < -0.4 is 10.6 Å². The van der Waals surface area contributed by atoms with Crippen LogP contribution in [0.5, 0.6) is 5.75 Å². The Morgan fingerprint density at radius 2 is 1.93 bits per heavy atom. The lowest BCUT2D eigenvalue weighted by Gasteiger charge is -2.26. The molecule has 0 aliphatic carbocycles. The number of nitrogens with one attached hydrogen (secondary N) is 2. The Kier molecular flexibility index (Phi) is 11.3. The highest BCUT2D eigenvalue weighted by molar-refractivity contribution is 5.95. The Labute approximate surface area is 270 Å². The molecule has 1 saturated heterocycles. The number of ether oxygens (including phenoxy) is 1. The summed E-state index contributed by atoms with van der Waals surface area (Å²) in [7, 11) is 0. The number of pyridine rings is 1. The van der Waals surface area contributed by atoms with E-state index in [1.807, 2.05) is 35.1 Å². The van der Waals surface area contributed by atoms with Crippen molar-refractivity contribution in [1.29, 1.82) is 0 Å².